The SMILES string of the molecule is BrC(C=NNc1nnc(-c2ccccc2)c(-c2ccccc2)n1)C(Br)c1ccccc1. The van der Waals surface area contributed by atoms with Crippen LogP contribution in [0.15, 0.2) is 96.1 Å². The Labute approximate surface area is 197 Å². The third kappa shape index (κ3) is 5.42. The van der Waals surface area contributed by atoms with Gasteiger partial charge in [-0.1, -0.05) is 123 Å². The van der Waals surface area contributed by atoms with Gasteiger partial charge in [-0.05, 0) is 5.56 Å². The van der Waals surface area contributed by atoms with Crippen molar-refractivity contribution in [2.75, 3.05) is 5.43 Å². The Morgan fingerprint density at radius 2 is 1.26 bits per heavy atom. The predicted molar refractivity (Wildman–Crippen MR) is 134 cm³/mol. The van der Waals surface area contributed by atoms with Gasteiger partial charge in [0, 0.05) is 17.3 Å². The van der Waals surface area contributed by atoms with Crippen LogP contribution >= 0.6 is 31.9 Å². The van der Waals surface area contributed by atoms with Crippen LogP contribution in [0.3, 0.4) is 0 Å². The van der Waals surface area contributed by atoms with Gasteiger partial charge in [0.2, 0.25) is 0 Å². The van der Waals surface area contributed by atoms with E-state index in [0.717, 1.165) is 28.1 Å². The third-order valence-electron chi connectivity index (χ3n) is 4.56. The largest absolute Gasteiger partial charge is 0.263 e. The van der Waals surface area contributed by atoms with Crippen molar-refractivity contribution in [1.82, 2.24) is 15.2 Å². The lowest BCUT2D eigenvalue weighted by atomic mass is 10.0. The van der Waals surface area contributed by atoms with Gasteiger partial charge >= 0.3 is 0 Å². The lowest BCUT2D eigenvalue weighted by molar-refractivity contribution is 0.970. The Hall–Kier alpha value is -2.90. The van der Waals surface area contributed by atoms with Crippen molar-refractivity contribution < 1.29 is 0 Å². The molecule has 4 aromatic rings. The molecule has 0 amide bonds. The molecule has 7 heteroatoms. The van der Waals surface area contributed by atoms with Gasteiger partial charge in [-0.25, -0.2) is 10.4 Å². The molecule has 2 atom stereocenters. The number of anilines is 1. The topological polar surface area (TPSA) is 63.1 Å². The second kappa shape index (κ2) is 10.4. The highest BCUT2D eigenvalue weighted by Crippen LogP contribution is 2.30. The molecule has 1 aromatic heterocycles. The summed E-state index contributed by atoms with van der Waals surface area (Å²) in [5.41, 5.74) is 7.46. The molecule has 3 aromatic carbocycles. The van der Waals surface area contributed by atoms with E-state index in [-0.39, 0.29) is 9.65 Å². The van der Waals surface area contributed by atoms with Crippen molar-refractivity contribution in [3.63, 3.8) is 0 Å². The van der Waals surface area contributed by atoms with Crippen LogP contribution in [0.5, 0.6) is 0 Å². The second-order valence-electron chi connectivity index (χ2n) is 6.71. The average Bonchev–Trinajstić information content (AvgIpc) is 2.85. The maximum absolute atomic E-state index is 4.69. The molecule has 1 N–H and O–H groups in total. The van der Waals surface area contributed by atoms with Crippen LogP contribution in [-0.4, -0.2) is 26.2 Å². The van der Waals surface area contributed by atoms with Gasteiger partial charge in [0.05, 0.1) is 9.65 Å². The van der Waals surface area contributed by atoms with Crippen molar-refractivity contribution in [1.29, 1.82) is 0 Å². The van der Waals surface area contributed by atoms with Crippen molar-refractivity contribution >= 4 is 44.0 Å². The van der Waals surface area contributed by atoms with Crippen LogP contribution < -0.4 is 5.43 Å². The first-order chi connectivity index (χ1) is 15.2. The quantitative estimate of drug-likeness (QED) is 0.166. The summed E-state index contributed by atoms with van der Waals surface area (Å²) < 4.78 is 0. The van der Waals surface area contributed by atoms with Crippen LogP contribution in [0, 0.1) is 0 Å². The van der Waals surface area contributed by atoms with Gasteiger partial charge in [0.15, 0.2) is 0 Å². The molecule has 0 spiro atoms. The molecular weight excluding hydrogens is 518 g/mol. The highest BCUT2D eigenvalue weighted by molar-refractivity contribution is 9.12. The number of benzene rings is 3. The lowest BCUT2D eigenvalue weighted by Gasteiger charge is -2.13. The minimum atomic E-state index is -0.0208. The number of nitrogens with zero attached hydrogens (tertiary/aromatic N) is 4. The summed E-state index contributed by atoms with van der Waals surface area (Å²) in [4.78, 5) is 4.75. The summed E-state index contributed by atoms with van der Waals surface area (Å²) in [5.74, 6) is 0.334. The van der Waals surface area contributed by atoms with Crippen molar-refractivity contribution in [2.24, 2.45) is 5.10 Å². The number of hydrogen-bond donors (Lipinski definition) is 1. The smallest absolute Gasteiger partial charge is 0.244 e. The van der Waals surface area contributed by atoms with E-state index in [0.29, 0.717) is 5.95 Å². The summed E-state index contributed by atoms with van der Waals surface area (Å²) in [6.07, 6.45) is 1.77. The van der Waals surface area contributed by atoms with E-state index in [1.807, 2.05) is 78.9 Å². The Morgan fingerprint density at radius 1 is 0.710 bits per heavy atom. The molecule has 0 radical (unpaired) electrons. The van der Waals surface area contributed by atoms with Crippen LogP contribution in [0.1, 0.15) is 10.4 Å². The number of halogens is 2. The summed E-state index contributed by atoms with van der Waals surface area (Å²) in [6, 6.07) is 30.0. The third-order valence-corrected chi connectivity index (χ3v) is 7.13. The number of rotatable bonds is 7. The number of alkyl halides is 2. The molecule has 0 bridgehead atoms. The normalized spacial score (nSPS) is 13.1. The first-order valence-electron chi connectivity index (χ1n) is 9.70. The highest BCUT2D eigenvalue weighted by Gasteiger charge is 2.16. The zero-order valence-electron chi connectivity index (χ0n) is 16.4. The minimum Gasteiger partial charge on any atom is -0.244 e. The molecule has 0 saturated heterocycles. The molecule has 0 saturated carbocycles. The van der Waals surface area contributed by atoms with Gasteiger partial charge in [-0.2, -0.15) is 5.10 Å². The Bertz CT molecular complexity index is 1140. The number of nitrogens with one attached hydrogen (secondary N) is 1. The average molecular weight is 537 g/mol. The summed E-state index contributed by atoms with van der Waals surface area (Å²) in [6.45, 7) is 0. The lowest BCUT2D eigenvalue weighted by Crippen LogP contribution is -2.10. The van der Waals surface area contributed by atoms with E-state index in [9.17, 15) is 0 Å². The summed E-state index contributed by atoms with van der Waals surface area (Å²) in [5, 5.41) is 13.0. The van der Waals surface area contributed by atoms with E-state index < -0.39 is 0 Å². The molecule has 0 aliphatic carbocycles. The number of hydrogen-bond acceptors (Lipinski definition) is 5. The second-order valence-corrected chi connectivity index (χ2v) is 8.76. The first-order valence-corrected chi connectivity index (χ1v) is 11.5. The van der Waals surface area contributed by atoms with E-state index in [1.165, 1.54) is 0 Å². The zero-order valence-corrected chi connectivity index (χ0v) is 19.6. The van der Waals surface area contributed by atoms with Gasteiger partial charge in [0.25, 0.3) is 5.95 Å². The molecule has 31 heavy (non-hydrogen) atoms. The Balaban J connectivity index is 1.56. The van der Waals surface area contributed by atoms with Gasteiger partial charge in [-0.15, -0.1) is 10.2 Å². The van der Waals surface area contributed by atoms with Crippen molar-refractivity contribution in [3.05, 3.63) is 96.6 Å². The zero-order chi connectivity index (χ0) is 21.5. The van der Waals surface area contributed by atoms with Crippen LogP contribution in [0.4, 0.5) is 5.95 Å². The monoisotopic (exact) mass is 535 g/mol. The molecule has 0 aliphatic heterocycles. The van der Waals surface area contributed by atoms with E-state index in [1.54, 1.807) is 6.21 Å². The number of aromatic nitrogens is 3. The first kappa shape index (κ1) is 21.3. The molecule has 0 fully saturated rings. The van der Waals surface area contributed by atoms with Crippen LogP contribution in [-0.2, 0) is 0 Å². The summed E-state index contributed by atoms with van der Waals surface area (Å²) in [7, 11) is 0. The fourth-order valence-electron chi connectivity index (χ4n) is 3.02. The molecular formula is C24H19Br2N5. The standard InChI is InChI=1S/C24H19Br2N5/c25-20(21(26)17-10-4-1-5-11-17)16-27-30-24-28-22(18-12-6-2-7-13-18)23(29-31-24)19-14-8-3-9-15-19/h1-16,20-21H,(H,28,30,31). The Morgan fingerprint density at radius 3 is 1.87 bits per heavy atom. The molecule has 2 unspecified atom stereocenters. The highest BCUT2D eigenvalue weighted by atomic mass is 79.9. The fourth-order valence-corrected chi connectivity index (χ4v) is 3.89. The maximum Gasteiger partial charge on any atom is 0.263 e. The Kier molecular flexibility index (Phi) is 7.17. The van der Waals surface area contributed by atoms with Gasteiger partial charge < -0.3 is 0 Å². The van der Waals surface area contributed by atoms with E-state index >= 15 is 0 Å². The van der Waals surface area contributed by atoms with Crippen molar-refractivity contribution in [3.8, 4) is 22.5 Å². The van der Waals surface area contributed by atoms with Crippen molar-refractivity contribution in [2.45, 2.75) is 9.65 Å². The maximum atomic E-state index is 4.69. The van der Waals surface area contributed by atoms with Gasteiger partial charge in [0.1, 0.15) is 11.4 Å². The molecule has 1 heterocycles. The van der Waals surface area contributed by atoms with Crippen LogP contribution in [0.25, 0.3) is 22.5 Å². The van der Waals surface area contributed by atoms with E-state index in [2.05, 4.69) is 64.7 Å². The number of hydrazone groups is 1. The fraction of sp³-hybridized carbons (Fsp3) is 0.0833. The van der Waals surface area contributed by atoms with Crippen LogP contribution in [0.2, 0.25) is 0 Å². The molecule has 0 aliphatic rings. The minimum absolute atomic E-state index is 0.0208. The summed E-state index contributed by atoms with van der Waals surface area (Å²) >= 11 is 7.36. The van der Waals surface area contributed by atoms with Gasteiger partial charge in [-0.3, -0.25) is 0 Å². The van der Waals surface area contributed by atoms with E-state index in [4.69, 9.17) is 4.98 Å². The molecule has 154 valence electrons. The molecule has 4 rings (SSSR count). The molecule has 5 nitrogen and oxygen atoms in total. The predicted octanol–water partition coefficient (Wildman–Crippen LogP) is 6.50.